The molecule has 2 amide bonds. The van der Waals surface area contributed by atoms with Gasteiger partial charge in [-0.05, 0) is 24.6 Å². The zero-order valence-corrected chi connectivity index (χ0v) is 17.3. The minimum atomic E-state index is -0.864. The van der Waals surface area contributed by atoms with E-state index < -0.39 is 12.0 Å². The fraction of sp³-hybridized carbons (Fsp3) is 0.227. The number of imidazole rings is 1. The SMILES string of the molecule is Cc1[nH]c(SCC(=O)N2CC(C(N)=O)Oc3ccccc32)nc1Cc1ccccc1. The Labute approximate surface area is 178 Å². The maximum absolute atomic E-state index is 12.9. The van der Waals surface area contributed by atoms with E-state index in [2.05, 4.69) is 22.1 Å². The number of carbonyl (C=O) groups excluding carboxylic acids is 2. The molecule has 7 nitrogen and oxygen atoms in total. The number of amides is 2. The molecule has 0 radical (unpaired) electrons. The molecule has 1 unspecified atom stereocenters. The number of benzene rings is 2. The van der Waals surface area contributed by atoms with Crippen molar-refractivity contribution in [1.82, 2.24) is 9.97 Å². The standard InChI is InChI=1S/C22H22N4O3S/c1-14-16(11-15-7-3-2-4-8-15)25-22(24-14)30-13-20(27)26-12-19(21(23)28)29-18-10-6-5-9-17(18)26/h2-10,19H,11-13H2,1H3,(H2,23,28)(H,24,25). The van der Waals surface area contributed by atoms with E-state index in [1.165, 1.54) is 17.3 Å². The van der Waals surface area contributed by atoms with Crippen molar-refractivity contribution in [2.75, 3.05) is 17.2 Å². The van der Waals surface area contributed by atoms with Gasteiger partial charge in [0.2, 0.25) is 5.91 Å². The maximum atomic E-state index is 12.9. The predicted octanol–water partition coefficient (Wildman–Crippen LogP) is 2.68. The lowest BCUT2D eigenvalue weighted by molar-refractivity contribution is -0.125. The van der Waals surface area contributed by atoms with Gasteiger partial charge in [-0.15, -0.1) is 0 Å². The molecule has 1 aliphatic rings. The number of ether oxygens (including phenoxy) is 1. The molecule has 0 saturated heterocycles. The zero-order valence-electron chi connectivity index (χ0n) is 16.5. The van der Waals surface area contributed by atoms with Crippen molar-refractivity contribution in [3.63, 3.8) is 0 Å². The van der Waals surface area contributed by atoms with E-state index in [1.807, 2.05) is 31.2 Å². The van der Waals surface area contributed by atoms with Gasteiger partial charge in [0.1, 0.15) is 5.75 Å². The Hall–Kier alpha value is -3.26. The van der Waals surface area contributed by atoms with Gasteiger partial charge in [-0.3, -0.25) is 9.59 Å². The third kappa shape index (κ3) is 4.33. The second-order valence-corrected chi connectivity index (χ2v) is 8.01. The van der Waals surface area contributed by atoms with Gasteiger partial charge in [0.05, 0.1) is 23.7 Å². The first-order chi connectivity index (χ1) is 14.5. The molecule has 2 aromatic carbocycles. The summed E-state index contributed by atoms with van der Waals surface area (Å²) in [6, 6.07) is 17.3. The van der Waals surface area contributed by atoms with E-state index in [0.29, 0.717) is 16.6 Å². The molecule has 1 aliphatic heterocycles. The molecule has 3 N–H and O–H groups in total. The van der Waals surface area contributed by atoms with E-state index >= 15 is 0 Å². The molecule has 3 aromatic rings. The lowest BCUT2D eigenvalue weighted by Gasteiger charge is -2.33. The van der Waals surface area contributed by atoms with E-state index in [0.717, 1.165) is 17.8 Å². The largest absolute Gasteiger partial charge is 0.477 e. The highest BCUT2D eigenvalue weighted by molar-refractivity contribution is 7.99. The number of nitrogens with zero attached hydrogens (tertiary/aromatic N) is 2. The van der Waals surface area contributed by atoms with Crippen LogP contribution < -0.4 is 15.4 Å². The van der Waals surface area contributed by atoms with Gasteiger partial charge in [0, 0.05) is 12.1 Å². The Morgan fingerprint density at radius 1 is 1.20 bits per heavy atom. The summed E-state index contributed by atoms with van der Waals surface area (Å²) in [5.74, 6) is -0.0786. The molecule has 0 bridgehead atoms. The topological polar surface area (TPSA) is 101 Å². The lowest BCUT2D eigenvalue weighted by atomic mass is 10.1. The van der Waals surface area contributed by atoms with Gasteiger partial charge in [0.15, 0.2) is 11.3 Å². The van der Waals surface area contributed by atoms with Crippen LogP contribution in [-0.2, 0) is 16.0 Å². The molecule has 0 fully saturated rings. The summed E-state index contributed by atoms with van der Waals surface area (Å²) >= 11 is 1.34. The molecule has 8 heteroatoms. The van der Waals surface area contributed by atoms with Crippen LogP contribution in [0, 0.1) is 6.92 Å². The number of hydrogen-bond acceptors (Lipinski definition) is 5. The number of nitrogens with one attached hydrogen (secondary N) is 1. The maximum Gasteiger partial charge on any atom is 0.260 e. The number of aryl methyl sites for hydroxylation is 1. The first-order valence-electron chi connectivity index (χ1n) is 9.59. The minimum Gasteiger partial charge on any atom is -0.477 e. The van der Waals surface area contributed by atoms with Crippen molar-refractivity contribution in [3.05, 3.63) is 71.5 Å². The molecule has 1 atom stereocenters. The quantitative estimate of drug-likeness (QED) is 0.595. The molecule has 0 aliphatic carbocycles. The van der Waals surface area contributed by atoms with Crippen molar-refractivity contribution >= 4 is 29.3 Å². The molecule has 0 saturated carbocycles. The van der Waals surface area contributed by atoms with Crippen molar-refractivity contribution in [2.24, 2.45) is 5.73 Å². The van der Waals surface area contributed by atoms with Crippen LogP contribution >= 0.6 is 11.8 Å². The normalized spacial score (nSPS) is 15.4. The van der Waals surface area contributed by atoms with Gasteiger partial charge in [-0.2, -0.15) is 0 Å². The van der Waals surface area contributed by atoms with Crippen LogP contribution in [0.5, 0.6) is 5.75 Å². The summed E-state index contributed by atoms with van der Waals surface area (Å²) in [4.78, 5) is 34.0. The van der Waals surface area contributed by atoms with E-state index in [-0.39, 0.29) is 18.2 Å². The Morgan fingerprint density at radius 2 is 1.93 bits per heavy atom. The first-order valence-corrected chi connectivity index (χ1v) is 10.6. The van der Waals surface area contributed by atoms with Crippen LogP contribution in [-0.4, -0.2) is 40.2 Å². The number of nitrogens with two attached hydrogens (primary N) is 1. The van der Waals surface area contributed by atoms with Crippen LogP contribution in [0.25, 0.3) is 0 Å². The Kier molecular flexibility index (Phi) is 5.76. The monoisotopic (exact) mass is 422 g/mol. The average Bonchev–Trinajstić information content (AvgIpc) is 3.11. The Balaban J connectivity index is 1.45. The number of primary amides is 1. The molecule has 1 aromatic heterocycles. The number of para-hydroxylation sites is 2. The molecular weight excluding hydrogens is 400 g/mol. The van der Waals surface area contributed by atoms with Crippen molar-refractivity contribution in [3.8, 4) is 5.75 Å². The lowest BCUT2D eigenvalue weighted by Crippen LogP contribution is -2.49. The van der Waals surface area contributed by atoms with Crippen molar-refractivity contribution in [1.29, 1.82) is 0 Å². The molecule has 154 valence electrons. The van der Waals surface area contributed by atoms with Crippen LogP contribution in [0.2, 0.25) is 0 Å². The molecule has 2 heterocycles. The second-order valence-electron chi connectivity index (χ2n) is 7.05. The Bertz CT molecular complexity index is 1070. The summed E-state index contributed by atoms with van der Waals surface area (Å²) in [6.45, 7) is 2.08. The number of fused-ring (bicyclic) bond motifs is 1. The number of aromatic nitrogens is 2. The summed E-state index contributed by atoms with van der Waals surface area (Å²) in [7, 11) is 0. The molecule has 30 heavy (non-hydrogen) atoms. The van der Waals surface area contributed by atoms with E-state index in [1.54, 1.807) is 23.1 Å². The van der Waals surface area contributed by atoms with Gasteiger partial charge >= 0.3 is 0 Å². The van der Waals surface area contributed by atoms with Crippen LogP contribution in [0.15, 0.2) is 59.8 Å². The van der Waals surface area contributed by atoms with Gasteiger partial charge in [-0.1, -0.05) is 54.2 Å². The van der Waals surface area contributed by atoms with Gasteiger partial charge in [0.25, 0.3) is 5.91 Å². The number of aromatic amines is 1. The molecule has 4 rings (SSSR count). The minimum absolute atomic E-state index is 0.0994. The highest BCUT2D eigenvalue weighted by atomic mass is 32.2. The van der Waals surface area contributed by atoms with E-state index in [4.69, 9.17) is 10.5 Å². The molecular formula is C22H22N4O3S. The van der Waals surface area contributed by atoms with Crippen molar-refractivity contribution < 1.29 is 14.3 Å². The van der Waals surface area contributed by atoms with Crippen LogP contribution in [0.3, 0.4) is 0 Å². The zero-order chi connectivity index (χ0) is 21.1. The fourth-order valence-electron chi connectivity index (χ4n) is 3.32. The smallest absolute Gasteiger partial charge is 0.260 e. The van der Waals surface area contributed by atoms with Crippen LogP contribution in [0.1, 0.15) is 17.0 Å². The molecule has 0 spiro atoms. The third-order valence-corrected chi connectivity index (χ3v) is 5.76. The van der Waals surface area contributed by atoms with Crippen molar-refractivity contribution in [2.45, 2.75) is 24.6 Å². The number of anilines is 1. The highest BCUT2D eigenvalue weighted by Crippen LogP contribution is 2.33. The number of carbonyl (C=O) groups is 2. The number of thioether (sulfide) groups is 1. The summed E-state index contributed by atoms with van der Waals surface area (Å²) < 4.78 is 5.62. The summed E-state index contributed by atoms with van der Waals surface area (Å²) in [5, 5.41) is 0.694. The summed E-state index contributed by atoms with van der Waals surface area (Å²) in [5.41, 5.74) is 9.18. The average molecular weight is 423 g/mol. The Morgan fingerprint density at radius 3 is 2.70 bits per heavy atom. The first kappa shape index (κ1) is 20.0. The number of rotatable bonds is 6. The predicted molar refractivity (Wildman–Crippen MR) is 116 cm³/mol. The number of hydrogen-bond donors (Lipinski definition) is 2. The number of H-pyrrole nitrogens is 1. The van der Waals surface area contributed by atoms with Crippen LogP contribution in [0.4, 0.5) is 5.69 Å². The van der Waals surface area contributed by atoms with Gasteiger partial charge in [-0.25, -0.2) is 4.98 Å². The highest BCUT2D eigenvalue weighted by Gasteiger charge is 2.32. The van der Waals surface area contributed by atoms with E-state index in [9.17, 15) is 9.59 Å². The fourth-order valence-corrected chi connectivity index (χ4v) is 4.14. The van der Waals surface area contributed by atoms with Gasteiger partial charge < -0.3 is 20.4 Å². The second kappa shape index (κ2) is 8.62. The summed E-state index contributed by atoms with van der Waals surface area (Å²) in [6.07, 6.45) is -0.133. The third-order valence-electron chi connectivity index (χ3n) is 4.90.